The fraction of sp³-hybridized carbons (Fsp3) is 0.500. The first-order valence-corrected chi connectivity index (χ1v) is 15.8. The topological polar surface area (TPSA) is 27.7 Å². The maximum absolute atomic E-state index is 6.70. The number of hydrogen-bond donors (Lipinski definition) is 0. The first kappa shape index (κ1) is 31.6. The van der Waals surface area contributed by atoms with Crippen LogP contribution >= 0.6 is 0 Å². The van der Waals surface area contributed by atoms with Gasteiger partial charge >= 0.3 is 7.32 Å². The largest absolute Gasteiger partial charge is 0.864 e. The number of rotatable bonds is 15. The second-order valence-corrected chi connectivity index (χ2v) is 10.4. The monoisotopic (exact) mass is 542 g/mol. The Kier molecular flexibility index (Phi) is 12.0. The Morgan fingerprint density at radius 1 is 0.350 bits per heavy atom. The van der Waals surface area contributed by atoms with Crippen molar-refractivity contribution in [3.8, 4) is 17.2 Å². The molecule has 0 spiro atoms. The summed E-state index contributed by atoms with van der Waals surface area (Å²) in [6.45, 7) is 20.0. The summed E-state index contributed by atoms with van der Waals surface area (Å²) < 4.78 is 20.1. The molecule has 0 unspecified atom stereocenters. The maximum atomic E-state index is 6.70. The summed E-state index contributed by atoms with van der Waals surface area (Å²) in [6, 6.07) is 12.9. The van der Waals surface area contributed by atoms with Crippen LogP contribution in [-0.2, 0) is 57.8 Å². The van der Waals surface area contributed by atoms with E-state index in [9.17, 15) is 0 Å². The van der Waals surface area contributed by atoms with Crippen molar-refractivity contribution in [1.29, 1.82) is 0 Å². The van der Waals surface area contributed by atoms with E-state index in [1.54, 1.807) is 0 Å². The van der Waals surface area contributed by atoms with Crippen LogP contribution in [0.3, 0.4) is 0 Å². The van der Waals surface area contributed by atoms with E-state index in [1.165, 1.54) is 50.1 Å². The lowest BCUT2D eigenvalue weighted by atomic mass is 9.93. The van der Waals surface area contributed by atoms with Crippen molar-refractivity contribution < 1.29 is 14.0 Å². The molecular formula is C36H51BO3. The third-order valence-corrected chi connectivity index (χ3v) is 8.39. The Bertz CT molecular complexity index is 1110. The Labute approximate surface area is 244 Å². The Morgan fingerprint density at radius 2 is 0.600 bits per heavy atom. The lowest BCUT2D eigenvalue weighted by molar-refractivity contribution is 0.303. The van der Waals surface area contributed by atoms with Gasteiger partial charge in [-0.25, -0.2) is 0 Å². The molecule has 0 aliphatic heterocycles. The van der Waals surface area contributed by atoms with Crippen LogP contribution < -0.4 is 14.0 Å². The highest BCUT2D eigenvalue weighted by Gasteiger charge is 2.34. The van der Waals surface area contributed by atoms with Crippen LogP contribution in [0.5, 0.6) is 17.2 Å². The van der Waals surface area contributed by atoms with Gasteiger partial charge in [-0.1, -0.05) is 80.5 Å². The van der Waals surface area contributed by atoms with Crippen molar-refractivity contribution in [1.82, 2.24) is 0 Å². The molecule has 0 N–H and O–H groups in total. The van der Waals surface area contributed by atoms with E-state index in [1.807, 2.05) is 0 Å². The summed E-state index contributed by atoms with van der Waals surface area (Å²) in [5.41, 5.74) is 12.0. The minimum Gasteiger partial charge on any atom is -0.489 e. The summed E-state index contributed by atoms with van der Waals surface area (Å²) in [7, 11) is -0.910. The summed E-state index contributed by atoms with van der Waals surface area (Å²) in [5.74, 6) is 2.54. The number of hydrogen-bond acceptors (Lipinski definition) is 3. The van der Waals surface area contributed by atoms with Gasteiger partial charge in [-0.2, -0.15) is 0 Å². The molecule has 3 rings (SSSR count). The van der Waals surface area contributed by atoms with E-state index in [2.05, 4.69) is 98.7 Å². The average molecular weight is 543 g/mol. The van der Waals surface area contributed by atoms with Gasteiger partial charge in [0.2, 0.25) is 0 Å². The zero-order valence-corrected chi connectivity index (χ0v) is 26.6. The predicted octanol–water partition coefficient (Wildman–Crippen LogP) is 9.27. The van der Waals surface area contributed by atoms with Crippen molar-refractivity contribution in [3.05, 3.63) is 86.5 Å². The van der Waals surface area contributed by atoms with Crippen LogP contribution in [0.4, 0.5) is 0 Å². The molecule has 0 heterocycles. The third kappa shape index (κ3) is 6.70. The van der Waals surface area contributed by atoms with E-state index in [4.69, 9.17) is 14.0 Å². The van der Waals surface area contributed by atoms with Gasteiger partial charge in [0, 0.05) is 0 Å². The lowest BCUT2D eigenvalue weighted by Crippen LogP contribution is -2.38. The van der Waals surface area contributed by atoms with Crippen LogP contribution in [-0.4, -0.2) is 7.32 Å². The predicted molar refractivity (Wildman–Crippen MR) is 171 cm³/mol. The maximum Gasteiger partial charge on any atom is 0.864 e. The summed E-state index contributed by atoms with van der Waals surface area (Å²) in [5, 5.41) is 0. The van der Waals surface area contributed by atoms with Crippen molar-refractivity contribution in [2.24, 2.45) is 0 Å². The van der Waals surface area contributed by atoms with Gasteiger partial charge in [0.1, 0.15) is 17.2 Å². The van der Waals surface area contributed by atoms with E-state index < -0.39 is 7.32 Å². The van der Waals surface area contributed by atoms with Crippen molar-refractivity contribution >= 4 is 7.32 Å². The smallest absolute Gasteiger partial charge is 0.489 e. The fourth-order valence-corrected chi connectivity index (χ4v) is 6.35. The van der Waals surface area contributed by atoms with E-state index >= 15 is 0 Å². The van der Waals surface area contributed by atoms with E-state index in [0.717, 1.165) is 75.0 Å². The highest BCUT2D eigenvalue weighted by Crippen LogP contribution is 2.33. The van der Waals surface area contributed by atoms with Crippen LogP contribution in [0.15, 0.2) is 36.4 Å². The molecule has 0 bridgehead atoms. The molecule has 0 aliphatic carbocycles. The third-order valence-electron chi connectivity index (χ3n) is 8.39. The number of aryl methyl sites for hydroxylation is 3. The molecule has 40 heavy (non-hydrogen) atoms. The molecule has 0 aliphatic rings. The second kappa shape index (κ2) is 15.2. The molecular weight excluding hydrogens is 491 g/mol. The summed E-state index contributed by atoms with van der Waals surface area (Å²) in [4.78, 5) is 0. The Morgan fingerprint density at radius 3 is 0.800 bits per heavy atom. The molecule has 0 fully saturated rings. The van der Waals surface area contributed by atoms with Gasteiger partial charge < -0.3 is 14.0 Å². The summed E-state index contributed by atoms with van der Waals surface area (Å²) in [6.07, 6.45) is 8.67. The molecule has 0 saturated carbocycles. The van der Waals surface area contributed by atoms with Crippen molar-refractivity contribution in [2.45, 2.75) is 120 Å². The van der Waals surface area contributed by atoms with Crippen molar-refractivity contribution in [3.63, 3.8) is 0 Å². The minimum atomic E-state index is -0.910. The van der Waals surface area contributed by atoms with Gasteiger partial charge in [-0.05, 0) is 126 Å². The molecule has 3 aromatic rings. The van der Waals surface area contributed by atoms with E-state index in [0.29, 0.717) is 0 Å². The lowest BCUT2D eigenvalue weighted by Gasteiger charge is -2.24. The molecule has 0 aromatic heterocycles. The molecule has 4 heteroatoms. The first-order chi connectivity index (χ1) is 19.4. The van der Waals surface area contributed by atoms with Crippen LogP contribution in [0.25, 0.3) is 0 Å². The molecule has 0 radical (unpaired) electrons. The molecule has 216 valence electrons. The zero-order valence-electron chi connectivity index (χ0n) is 26.6. The minimum absolute atomic E-state index is 0.847. The van der Waals surface area contributed by atoms with Gasteiger partial charge in [-0.15, -0.1) is 0 Å². The first-order valence-electron chi connectivity index (χ1n) is 15.8. The molecule has 3 aromatic carbocycles. The normalized spacial score (nSPS) is 11.0. The SMILES string of the molecule is CCc1ccc(OB(Oc2ccc(CC)c(CC)c2CC)Oc2ccc(CC)c(CC)c2CC)c(CC)c1CC. The fourth-order valence-electron chi connectivity index (χ4n) is 6.35. The van der Waals surface area contributed by atoms with Crippen molar-refractivity contribution in [2.75, 3.05) is 0 Å². The zero-order chi connectivity index (χ0) is 29.2. The summed E-state index contributed by atoms with van der Waals surface area (Å²) >= 11 is 0. The second-order valence-electron chi connectivity index (χ2n) is 10.4. The van der Waals surface area contributed by atoms with Gasteiger partial charge in [0.25, 0.3) is 0 Å². The molecule has 3 nitrogen and oxygen atoms in total. The average Bonchev–Trinajstić information content (AvgIpc) is 2.99. The van der Waals surface area contributed by atoms with Gasteiger partial charge in [0.15, 0.2) is 0 Å². The van der Waals surface area contributed by atoms with Crippen LogP contribution in [0.2, 0.25) is 0 Å². The van der Waals surface area contributed by atoms with Gasteiger partial charge in [-0.3, -0.25) is 0 Å². The molecule has 0 saturated heterocycles. The van der Waals surface area contributed by atoms with Gasteiger partial charge in [0.05, 0.1) is 0 Å². The highest BCUT2D eigenvalue weighted by atomic mass is 16.7. The number of benzene rings is 3. The standard InChI is InChI=1S/C36H51BO3/c1-10-25-19-22-34(31(16-7)28(25)13-4)38-37(39-35-23-20-26(11-2)29(14-5)32(35)17-8)40-36-24-21-27(12-3)30(15-6)33(36)18-9/h19-24H,10-18H2,1-9H3. The molecule has 0 amide bonds. The van der Waals surface area contributed by atoms with Crippen LogP contribution in [0.1, 0.15) is 112 Å². The quantitative estimate of drug-likeness (QED) is 0.179. The Hall–Kier alpha value is -2.88. The molecule has 0 atom stereocenters. The van der Waals surface area contributed by atoms with E-state index in [-0.39, 0.29) is 0 Å². The highest BCUT2D eigenvalue weighted by molar-refractivity contribution is 6.39. The van der Waals surface area contributed by atoms with Crippen LogP contribution in [0, 0.1) is 0 Å². The Balaban J connectivity index is 2.14.